The SMILES string of the molecule is CCNC(=NCc1ccc(OC)c(OCC)c1)N1CCC(c2cnn(C)c2)C1. The number of aryl methyl sites for hydroxylation is 1. The average Bonchev–Trinajstić information content (AvgIpc) is 3.34. The number of aromatic nitrogens is 2. The van der Waals surface area contributed by atoms with Crippen LogP contribution in [-0.4, -0.2) is 54.0 Å². The maximum absolute atomic E-state index is 5.68. The second kappa shape index (κ2) is 9.48. The molecule has 0 saturated carbocycles. The van der Waals surface area contributed by atoms with Crippen molar-refractivity contribution in [2.75, 3.05) is 33.4 Å². The molecule has 2 aromatic rings. The summed E-state index contributed by atoms with van der Waals surface area (Å²) >= 11 is 0. The fraction of sp³-hybridized carbons (Fsp3) is 0.524. The number of likely N-dealkylation sites (tertiary alicyclic amines) is 1. The lowest BCUT2D eigenvalue weighted by molar-refractivity contribution is 0.310. The van der Waals surface area contributed by atoms with Gasteiger partial charge in [-0.1, -0.05) is 6.07 Å². The minimum atomic E-state index is 0.503. The zero-order chi connectivity index (χ0) is 19.9. The van der Waals surface area contributed by atoms with Crippen LogP contribution in [0.25, 0.3) is 0 Å². The Morgan fingerprint density at radius 3 is 2.86 bits per heavy atom. The Bertz CT molecular complexity index is 802. The van der Waals surface area contributed by atoms with Crippen LogP contribution in [-0.2, 0) is 13.6 Å². The molecule has 1 aliphatic rings. The summed E-state index contributed by atoms with van der Waals surface area (Å²) in [6, 6.07) is 5.99. The Morgan fingerprint density at radius 1 is 1.32 bits per heavy atom. The van der Waals surface area contributed by atoms with Crippen molar-refractivity contribution in [2.45, 2.75) is 32.7 Å². The van der Waals surface area contributed by atoms with Gasteiger partial charge in [0.05, 0.1) is 26.5 Å². The number of benzene rings is 1. The van der Waals surface area contributed by atoms with Gasteiger partial charge in [0.15, 0.2) is 17.5 Å². The van der Waals surface area contributed by atoms with E-state index >= 15 is 0 Å². The van der Waals surface area contributed by atoms with Crippen LogP contribution in [0.5, 0.6) is 11.5 Å². The molecule has 0 aliphatic carbocycles. The van der Waals surface area contributed by atoms with Gasteiger partial charge in [0.2, 0.25) is 0 Å². The molecule has 1 atom stereocenters. The lowest BCUT2D eigenvalue weighted by atomic mass is 10.0. The van der Waals surface area contributed by atoms with E-state index in [1.54, 1.807) is 7.11 Å². The van der Waals surface area contributed by atoms with Crippen molar-refractivity contribution >= 4 is 5.96 Å². The van der Waals surface area contributed by atoms with E-state index in [0.717, 1.165) is 49.1 Å². The number of aliphatic imine (C=N–C) groups is 1. The third-order valence-electron chi connectivity index (χ3n) is 4.96. The van der Waals surface area contributed by atoms with Gasteiger partial charge in [-0.05, 0) is 43.5 Å². The van der Waals surface area contributed by atoms with E-state index in [1.165, 1.54) is 5.56 Å². The highest BCUT2D eigenvalue weighted by Gasteiger charge is 2.26. The average molecular weight is 386 g/mol. The molecule has 0 amide bonds. The molecule has 1 fully saturated rings. The zero-order valence-electron chi connectivity index (χ0n) is 17.3. The van der Waals surface area contributed by atoms with Gasteiger partial charge < -0.3 is 19.7 Å². The molecule has 3 rings (SSSR count). The van der Waals surface area contributed by atoms with Gasteiger partial charge in [0, 0.05) is 38.8 Å². The number of guanidine groups is 1. The van der Waals surface area contributed by atoms with E-state index < -0.39 is 0 Å². The molecule has 1 aromatic carbocycles. The van der Waals surface area contributed by atoms with Gasteiger partial charge in [0.25, 0.3) is 0 Å². The van der Waals surface area contributed by atoms with Gasteiger partial charge >= 0.3 is 0 Å². The van der Waals surface area contributed by atoms with Crippen molar-refractivity contribution in [1.29, 1.82) is 0 Å². The second-order valence-corrected chi connectivity index (χ2v) is 6.97. The third-order valence-corrected chi connectivity index (χ3v) is 4.96. The monoisotopic (exact) mass is 385 g/mol. The van der Waals surface area contributed by atoms with Crippen molar-refractivity contribution in [3.05, 3.63) is 41.7 Å². The normalized spacial score (nSPS) is 17.1. The standard InChI is InChI=1S/C21H31N5O2/c1-5-22-21(26-10-9-17(15-26)18-13-24-25(3)14-18)23-12-16-7-8-19(27-4)20(11-16)28-6-2/h7-8,11,13-14,17H,5-6,9-10,12,15H2,1-4H3,(H,22,23). The molecule has 1 N–H and O–H groups in total. The molecular weight excluding hydrogens is 354 g/mol. The van der Waals surface area contributed by atoms with E-state index in [9.17, 15) is 0 Å². The van der Waals surface area contributed by atoms with Crippen LogP contribution in [0.3, 0.4) is 0 Å². The van der Waals surface area contributed by atoms with Gasteiger partial charge in [-0.3, -0.25) is 4.68 Å². The maximum atomic E-state index is 5.68. The lowest BCUT2D eigenvalue weighted by Crippen LogP contribution is -2.40. The van der Waals surface area contributed by atoms with E-state index in [-0.39, 0.29) is 0 Å². The van der Waals surface area contributed by atoms with Gasteiger partial charge in [-0.25, -0.2) is 4.99 Å². The first-order chi connectivity index (χ1) is 13.6. The molecule has 1 aliphatic heterocycles. The molecule has 0 bridgehead atoms. The molecular formula is C21H31N5O2. The van der Waals surface area contributed by atoms with E-state index in [2.05, 4.69) is 28.4 Å². The summed E-state index contributed by atoms with van der Waals surface area (Å²) in [7, 11) is 3.62. The fourth-order valence-corrected chi connectivity index (χ4v) is 3.56. The Balaban J connectivity index is 1.70. The first-order valence-corrected chi connectivity index (χ1v) is 9.96. The van der Waals surface area contributed by atoms with Crippen molar-refractivity contribution in [3.8, 4) is 11.5 Å². The molecule has 0 radical (unpaired) electrons. The second-order valence-electron chi connectivity index (χ2n) is 6.97. The number of hydrogen-bond donors (Lipinski definition) is 1. The molecule has 1 aromatic heterocycles. The topological polar surface area (TPSA) is 63.9 Å². The first-order valence-electron chi connectivity index (χ1n) is 9.96. The van der Waals surface area contributed by atoms with Crippen LogP contribution < -0.4 is 14.8 Å². The van der Waals surface area contributed by atoms with E-state index in [4.69, 9.17) is 14.5 Å². The molecule has 152 valence electrons. The number of methoxy groups -OCH3 is 1. The van der Waals surface area contributed by atoms with Crippen molar-refractivity contribution in [1.82, 2.24) is 20.0 Å². The molecule has 1 saturated heterocycles. The molecule has 1 unspecified atom stereocenters. The summed E-state index contributed by atoms with van der Waals surface area (Å²) < 4.78 is 12.9. The Kier molecular flexibility index (Phi) is 6.79. The summed E-state index contributed by atoms with van der Waals surface area (Å²) in [5, 5.41) is 7.74. The summed E-state index contributed by atoms with van der Waals surface area (Å²) in [4.78, 5) is 7.21. The predicted molar refractivity (Wildman–Crippen MR) is 111 cm³/mol. The summed E-state index contributed by atoms with van der Waals surface area (Å²) in [6.45, 7) is 8.09. The van der Waals surface area contributed by atoms with Crippen LogP contribution in [0.2, 0.25) is 0 Å². The van der Waals surface area contributed by atoms with Gasteiger partial charge in [-0.2, -0.15) is 5.10 Å². The van der Waals surface area contributed by atoms with Gasteiger partial charge in [-0.15, -0.1) is 0 Å². The van der Waals surface area contributed by atoms with Crippen LogP contribution in [0.15, 0.2) is 35.6 Å². The number of hydrogen-bond acceptors (Lipinski definition) is 4. The largest absolute Gasteiger partial charge is 0.493 e. The Hall–Kier alpha value is -2.70. The third kappa shape index (κ3) is 4.77. The van der Waals surface area contributed by atoms with Crippen molar-refractivity contribution in [3.63, 3.8) is 0 Å². The highest BCUT2D eigenvalue weighted by Crippen LogP contribution is 2.29. The Morgan fingerprint density at radius 2 is 2.18 bits per heavy atom. The van der Waals surface area contributed by atoms with E-state index in [0.29, 0.717) is 19.1 Å². The number of ether oxygens (including phenoxy) is 2. The molecule has 28 heavy (non-hydrogen) atoms. The van der Waals surface area contributed by atoms with Gasteiger partial charge in [0.1, 0.15) is 0 Å². The van der Waals surface area contributed by atoms with E-state index in [1.807, 2.05) is 43.0 Å². The number of nitrogens with one attached hydrogen (secondary N) is 1. The molecule has 2 heterocycles. The molecule has 7 nitrogen and oxygen atoms in total. The number of nitrogens with zero attached hydrogens (tertiary/aromatic N) is 4. The summed E-state index contributed by atoms with van der Waals surface area (Å²) in [5.74, 6) is 2.98. The molecule has 7 heteroatoms. The minimum Gasteiger partial charge on any atom is -0.493 e. The van der Waals surface area contributed by atoms with Crippen LogP contribution in [0.1, 0.15) is 37.3 Å². The first kappa shape index (κ1) is 20.0. The summed E-state index contributed by atoms with van der Waals surface area (Å²) in [6.07, 6.45) is 5.21. The lowest BCUT2D eigenvalue weighted by Gasteiger charge is -2.21. The maximum Gasteiger partial charge on any atom is 0.194 e. The quantitative estimate of drug-likeness (QED) is 0.587. The highest BCUT2D eigenvalue weighted by molar-refractivity contribution is 5.80. The summed E-state index contributed by atoms with van der Waals surface area (Å²) in [5.41, 5.74) is 2.40. The van der Waals surface area contributed by atoms with Crippen molar-refractivity contribution < 1.29 is 9.47 Å². The Labute approximate surface area is 167 Å². The number of rotatable bonds is 7. The smallest absolute Gasteiger partial charge is 0.194 e. The predicted octanol–water partition coefficient (Wildman–Crippen LogP) is 2.78. The molecule has 0 spiro atoms. The fourth-order valence-electron chi connectivity index (χ4n) is 3.56. The highest BCUT2D eigenvalue weighted by atomic mass is 16.5. The zero-order valence-corrected chi connectivity index (χ0v) is 17.3. The van der Waals surface area contributed by atoms with Crippen molar-refractivity contribution in [2.24, 2.45) is 12.0 Å². The minimum absolute atomic E-state index is 0.503. The van der Waals surface area contributed by atoms with Crippen LogP contribution in [0, 0.1) is 0 Å². The van der Waals surface area contributed by atoms with Crippen LogP contribution in [0.4, 0.5) is 0 Å². The van der Waals surface area contributed by atoms with Crippen LogP contribution >= 0.6 is 0 Å².